The molecule has 0 saturated heterocycles. The first kappa shape index (κ1) is 21.5. The van der Waals surface area contributed by atoms with Gasteiger partial charge in [-0.2, -0.15) is 0 Å². The molecule has 0 unspecified atom stereocenters. The van der Waals surface area contributed by atoms with Gasteiger partial charge in [-0.25, -0.2) is 15.0 Å². The van der Waals surface area contributed by atoms with Gasteiger partial charge in [0.25, 0.3) is 0 Å². The third kappa shape index (κ3) is 3.93. The number of nitrogens with zero attached hydrogens (tertiary/aromatic N) is 3. The topological polar surface area (TPSA) is 51.8 Å². The van der Waals surface area contributed by atoms with Crippen LogP contribution in [0, 0.1) is 0 Å². The lowest BCUT2D eigenvalue weighted by molar-refractivity contribution is 0.669. The number of rotatable bonds is 4. The van der Waals surface area contributed by atoms with Crippen LogP contribution in [0.15, 0.2) is 120 Å². The van der Waals surface area contributed by atoms with Crippen molar-refractivity contribution in [2.24, 2.45) is 0 Å². The van der Waals surface area contributed by atoms with Crippen molar-refractivity contribution in [1.82, 2.24) is 15.0 Å². The second-order valence-corrected chi connectivity index (χ2v) is 9.17. The van der Waals surface area contributed by atoms with E-state index in [0.717, 1.165) is 51.5 Å². The lowest BCUT2D eigenvalue weighted by Crippen LogP contribution is -2.00. The van der Waals surface area contributed by atoms with E-state index in [-0.39, 0.29) is 0 Å². The van der Waals surface area contributed by atoms with Crippen molar-refractivity contribution >= 4 is 27.5 Å². The number of fused-ring (bicyclic) bond motifs is 3. The van der Waals surface area contributed by atoms with E-state index < -0.39 is 0 Å². The molecule has 0 amide bonds. The van der Waals surface area contributed by atoms with E-state index in [0.29, 0.717) is 17.5 Å². The van der Waals surface area contributed by atoms with Gasteiger partial charge in [-0.3, -0.25) is 0 Å². The average Bonchev–Trinajstić information content (AvgIpc) is 3.36. The highest BCUT2D eigenvalue weighted by atomic mass is 16.3. The molecule has 0 bridgehead atoms. The summed E-state index contributed by atoms with van der Waals surface area (Å²) in [5.41, 5.74) is 6.92. The smallest absolute Gasteiger partial charge is 0.164 e. The second kappa shape index (κ2) is 8.99. The summed E-state index contributed by atoms with van der Waals surface area (Å²) in [5, 5.41) is 2.07. The molecule has 1 aliphatic rings. The summed E-state index contributed by atoms with van der Waals surface area (Å²) < 4.78 is 6.35. The summed E-state index contributed by atoms with van der Waals surface area (Å²) in [6.45, 7) is 0. The standard InChI is InChI=1S/C33H23N3O/c1-4-11-22(12-5-1)25-19-20-26-29(21-25)37-28-18-10-17-27(30(26)28)33-35-31(23-13-6-2-7-14-23)34-32(36-33)24-15-8-3-9-16-24/h2-4,6-21H,1,5H2. The van der Waals surface area contributed by atoms with Gasteiger partial charge in [0.05, 0.1) is 0 Å². The molecule has 7 rings (SSSR count). The molecule has 37 heavy (non-hydrogen) atoms. The average molecular weight is 478 g/mol. The third-order valence-corrected chi connectivity index (χ3v) is 6.77. The monoisotopic (exact) mass is 477 g/mol. The summed E-state index contributed by atoms with van der Waals surface area (Å²) in [4.78, 5) is 14.7. The molecule has 4 nitrogen and oxygen atoms in total. The van der Waals surface area contributed by atoms with Gasteiger partial charge in [-0.15, -0.1) is 0 Å². The van der Waals surface area contributed by atoms with Crippen LogP contribution >= 0.6 is 0 Å². The van der Waals surface area contributed by atoms with Crippen LogP contribution < -0.4 is 0 Å². The maximum Gasteiger partial charge on any atom is 0.164 e. The van der Waals surface area contributed by atoms with E-state index in [1.807, 2.05) is 72.8 Å². The molecule has 0 saturated carbocycles. The minimum atomic E-state index is 0.628. The van der Waals surface area contributed by atoms with Crippen molar-refractivity contribution in [1.29, 1.82) is 0 Å². The lowest BCUT2D eigenvalue weighted by atomic mass is 9.98. The molecule has 176 valence electrons. The Hall–Kier alpha value is -4.83. The van der Waals surface area contributed by atoms with Crippen LogP contribution in [0.4, 0.5) is 0 Å². The maximum atomic E-state index is 6.35. The number of aromatic nitrogens is 3. The molecular weight excluding hydrogens is 454 g/mol. The van der Waals surface area contributed by atoms with Crippen molar-refractivity contribution in [2.45, 2.75) is 12.8 Å². The first-order valence-corrected chi connectivity index (χ1v) is 12.5. The van der Waals surface area contributed by atoms with Crippen LogP contribution in [0.5, 0.6) is 0 Å². The van der Waals surface area contributed by atoms with Crippen LogP contribution in [-0.4, -0.2) is 15.0 Å². The fourth-order valence-electron chi connectivity index (χ4n) is 4.95. The van der Waals surface area contributed by atoms with Gasteiger partial charge in [0.1, 0.15) is 11.2 Å². The molecule has 0 atom stereocenters. The summed E-state index contributed by atoms with van der Waals surface area (Å²) in [7, 11) is 0. The fraction of sp³-hybridized carbons (Fsp3) is 0.0606. The normalized spacial score (nSPS) is 13.2. The zero-order chi connectivity index (χ0) is 24.6. The third-order valence-electron chi connectivity index (χ3n) is 6.77. The summed E-state index contributed by atoms with van der Waals surface area (Å²) in [6.07, 6.45) is 8.88. The highest BCUT2D eigenvalue weighted by molar-refractivity contribution is 6.12. The van der Waals surface area contributed by atoms with Gasteiger partial charge in [0, 0.05) is 27.5 Å². The first-order chi connectivity index (χ1) is 18.3. The zero-order valence-corrected chi connectivity index (χ0v) is 20.1. The van der Waals surface area contributed by atoms with Crippen LogP contribution in [0.1, 0.15) is 18.4 Å². The largest absolute Gasteiger partial charge is 0.456 e. The molecule has 0 radical (unpaired) electrons. The molecule has 4 aromatic carbocycles. The number of hydrogen-bond donors (Lipinski definition) is 0. The lowest BCUT2D eigenvalue weighted by Gasteiger charge is -2.09. The van der Waals surface area contributed by atoms with Gasteiger partial charge < -0.3 is 4.42 Å². The first-order valence-electron chi connectivity index (χ1n) is 12.5. The molecule has 0 aliphatic heterocycles. The van der Waals surface area contributed by atoms with Crippen molar-refractivity contribution < 1.29 is 4.42 Å². The highest BCUT2D eigenvalue weighted by Gasteiger charge is 2.18. The number of allylic oxidation sites excluding steroid dienone is 4. The van der Waals surface area contributed by atoms with Crippen molar-refractivity contribution in [2.75, 3.05) is 0 Å². The minimum Gasteiger partial charge on any atom is -0.456 e. The number of furan rings is 1. The summed E-state index contributed by atoms with van der Waals surface area (Å²) in [6, 6.07) is 32.6. The predicted molar refractivity (Wildman–Crippen MR) is 150 cm³/mol. The number of benzene rings is 4. The Morgan fingerprint density at radius 3 is 1.95 bits per heavy atom. The van der Waals surface area contributed by atoms with Gasteiger partial charge in [-0.1, -0.05) is 97.1 Å². The Bertz CT molecular complexity index is 1760. The van der Waals surface area contributed by atoms with E-state index in [1.165, 1.54) is 11.1 Å². The molecule has 0 N–H and O–H groups in total. The Morgan fingerprint density at radius 1 is 0.568 bits per heavy atom. The van der Waals surface area contributed by atoms with Crippen LogP contribution in [0.25, 0.3) is 61.7 Å². The molecule has 6 aromatic rings. The summed E-state index contributed by atoms with van der Waals surface area (Å²) >= 11 is 0. The van der Waals surface area contributed by atoms with Crippen LogP contribution in [0.2, 0.25) is 0 Å². The summed E-state index contributed by atoms with van der Waals surface area (Å²) in [5.74, 6) is 1.92. The maximum absolute atomic E-state index is 6.35. The van der Waals surface area contributed by atoms with Gasteiger partial charge >= 0.3 is 0 Å². The molecule has 2 aromatic heterocycles. The van der Waals surface area contributed by atoms with Crippen molar-refractivity contribution in [3.63, 3.8) is 0 Å². The zero-order valence-electron chi connectivity index (χ0n) is 20.1. The van der Waals surface area contributed by atoms with E-state index in [4.69, 9.17) is 19.4 Å². The van der Waals surface area contributed by atoms with E-state index in [1.54, 1.807) is 0 Å². The van der Waals surface area contributed by atoms with Gasteiger partial charge in [0.15, 0.2) is 17.5 Å². The fourth-order valence-corrected chi connectivity index (χ4v) is 4.95. The van der Waals surface area contributed by atoms with E-state index in [2.05, 4.69) is 42.5 Å². The number of hydrogen-bond acceptors (Lipinski definition) is 4. The van der Waals surface area contributed by atoms with Gasteiger partial charge in [0.2, 0.25) is 0 Å². The second-order valence-electron chi connectivity index (χ2n) is 9.17. The molecule has 2 heterocycles. The molecular formula is C33H23N3O. The Kier molecular flexibility index (Phi) is 5.21. The molecule has 0 spiro atoms. The Labute approximate surface area is 214 Å². The molecule has 0 fully saturated rings. The SMILES string of the molecule is C1=CC(c2ccc3c(c2)oc2cccc(-c4nc(-c5ccccc5)nc(-c5ccccc5)n4)c23)=CCC1. The molecule has 4 heteroatoms. The Balaban J connectivity index is 1.44. The quantitative estimate of drug-likeness (QED) is 0.255. The predicted octanol–water partition coefficient (Wildman–Crippen LogP) is 8.51. The van der Waals surface area contributed by atoms with Crippen LogP contribution in [0.3, 0.4) is 0 Å². The van der Waals surface area contributed by atoms with E-state index in [9.17, 15) is 0 Å². The Morgan fingerprint density at radius 2 is 1.27 bits per heavy atom. The minimum absolute atomic E-state index is 0.628. The van der Waals surface area contributed by atoms with Crippen molar-refractivity contribution in [3.05, 3.63) is 121 Å². The van der Waals surface area contributed by atoms with Crippen molar-refractivity contribution in [3.8, 4) is 34.2 Å². The van der Waals surface area contributed by atoms with E-state index >= 15 is 0 Å². The molecule has 1 aliphatic carbocycles. The van der Waals surface area contributed by atoms with Gasteiger partial charge in [-0.05, 0) is 42.2 Å². The van der Waals surface area contributed by atoms with Crippen LogP contribution in [-0.2, 0) is 0 Å². The highest BCUT2D eigenvalue weighted by Crippen LogP contribution is 2.38.